The first-order valence-corrected chi connectivity index (χ1v) is 11.6. The summed E-state index contributed by atoms with van der Waals surface area (Å²) in [6, 6.07) is 13.9. The fourth-order valence-corrected chi connectivity index (χ4v) is 5.53. The zero-order chi connectivity index (χ0) is 24.1. The molecule has 5 rings (SSSR count). The molecule has 0 radical (unpaired) electrons. The average molecular weight is 474 g/mol. The topological polar surface area (TPSA) is 95.5 Å². The summed E-state index contributed by atoms with van der Waals surface area (Å²) in [7, 11) is 1.55. The molecule has 1 aliphatic heterocycles. The zero-order valence-electron chi connectivity index (χ0n) is 19.2. The van der Waals surface area contributed by atoms with Gasteiger partial charge in [-0.05, 0) is 39.0 Å². The Morgan fingerprint density at radius 2 is 1.91 bits per heavy atom. The first-order valence-electron chi connectivity index (χ1n) is 10.8. The predicted octanol–water partition coefficient (Wildman–Crippen LogP) is 5.34. The number of rotatable bonds is 5. The highest BCUT2D eigenvalue weighted by molar-refractivity contribution is 7.14. The summed E-state index contributed by atoms with van der Waals surface area (Å²) in [5.74, 6) is -1.01. The Hall–Kier alpha value is -3.91. The standard InChI is InChI=1S/C26H23N3O4S/c1-13-20(18-10-5-6-11-19(18)28-13)22-21(23(30)25-14(2)27-15(3)34-25)24(31)26(32)29(22)16-8-7-9-17(12-16)33-4/h5-12,22,28,31H,1-4H3. The van der Waals surface area contributed by atoms with E-state index >= 15 is 0 Å². The van der Waals surface area contributed by atoms with Gasteiger partial charge in [0, 0.05) is 33.9 Å². The Morgan fingerprint density at radius 3 is 2.62 bits per heavy atom. The van der Waals surface area contributed by atoms with Crippen LogP contribution in [0.15, 0.2) is 59.9 Å². The van der Waals surface area contributed by atoms with Crippen molar-refractivity contribution >= 4 is 39.6 Å². The number of ketones is 1. The molecule has 1 atom stereocenters. The number of aliphatic hydroxyl groups is 1. The Kier molecular flexibility index (Phi) is 5.25. The quantitative estimate of drug-likeness (QED) is 0.382. The number of thiazole rings is 1. The normalized spacial score (nSPS) is 16.1. The fraction of sp³-hybridized carbons (Fsp3) is 0.192. The van der Waals surface area contributed by atoms with Crippen LogP contribution >= 0.6 is 11.3 Å². The van der Waals surface area contributed by atoms with Crippen LogP contribution in [0.2, 0.25) is 0 Å². The third-order valence-corrected chi connectivity index (χ3v) is 7.18. The highest BCUT2D eigenvalue weighted by Crippen LogP contribution is 2.46. The molecule has 8 heteroatoms. The van der Waals surface area contributed by atoms with E-state index in [1.807, 2.05) is 38.1 Å². The number of benzene rings is 2. The van der Waals surface area contributed by atoms with E-state index in [-0.39, 0.29) is 5.57 Å². The van der Waals surface area contributed by atoms with Gasteiger partial charge < -0.3 is 14.8 Å². The van der Waals surface area contributed by atoms with Crippen molar-refractivity contribution in [3.8, 4) is 5.75 Å². The van der Waals surface area contributed by atoms with E-state index in [9.17, 15) is 14.7 Å². The first kappa shape index (κ1) is 21.9. The van der Waals surface area contributed by atoms with Gasteiger partial charge in [-0.25, -0.2) is 4.98 Å². The number of methoxy groups -OCH3 is 1. The second-order valence-electron chi connectivity index (χ2n) is 8.23. The number of hydrogen-bond donors (Lipinski definition) is 2. The van der Waals surface area contributed by atoms with E-state index in [0.717, 1.165) is 27.2 Å². The molecule has 0 saturated heterocycles. The summed E-state index contributed by atoms with van der Waals surface area (Å²) in [4.78, 5) is 36.9. The molecular formula is C26H23N3O4S. The van der Waals surface area contributed by atoms with Crippen molar-refractivity contribution in [3.05, 3.63) is 86.7 Å². The van der Waals surface area contributed by atoms with Crippen LogP contribution in [0, 0.1) is 20.8 Å². The number of amides is 1. The van der Waals surface area contributed by atoms with Crippen LogP contribution in [0.5, 0.6) is 5.75 Å². The Bertz CT molecular complexity index is 1500. The zero-order valence-corrected chi connectivity index (χ0v) is 20.0. The number of aromatic amines is 1. The van der Waals surface area contributed by atoms with E-state index in [0.29, 0.717) is 22.0 Å². The SMILES string of the molecule is COc1cccc(N2C(=O)C(O)=C(C(=O)c3sc(C)nc3C)C2c2c(C)[nH]c3ccccc23)c1. The summed E-state index contributed by atoms with van der Waals surface area (Å²) in [5.41, 5.74) is 3.60. The van der Waals surface area contributed by atoms with Crippen LogP contribution in [-0.2, 0) is 4.79 Å². The number of nitrogens with one attached hydrogen (secondary N) is 1. The van der Waals surface area contributed by atoms with Gasteiger partial charge >= 0.3 is 0 Å². The van der Waals surface area contributed by atoms with E-state index < -0.39 is 23.5 Å². The molecular weight excluding hydrogens is 450 g/mol. The van der Waals surface area contributed by atoms with Gasteiger partial charge in [0.2, 0.25) is 5.78 Å². The molecule has 0 aliphatic carbocycles. The third kappa shape index (κ3) is 3.30. The van der Waals surface area contributed by atoms with Crippen LogP contribution in [0.25, 0.3) is 10.9 Å². The molecule has 3 heterocycles. The number of hydrogen-bond acceptors (Lipinski definition) is 6. The molecule has 172 valence electrons. The maximum absolute atomic E-state index is 13.8. The number of anilines is 1. The van der Waals surface area contributed by atoms with Gasteiger partial charge in [0.1, 0.15) is 5.75 Å². The number of aliphatic hydroxyl groups excluding tert-OH is 1. The highest BCUT2D eigenvalue weighted by Gasteiger charge is 2.46. The largest absolute Gasteiger partial charge is 0.503 e. The lowest BCUT2D eigenvalue weighted by molar-refractivity contribution is -0.117. The molecule has 0 bridgehead atoms. The smallest absolute Gasteiger partial charge is 0.294 e. The van der Waals surface area contributed by atoms with Crippen molar-refractivity contribution in [3.63, 3.8) is 0 Å². The molecule has 0 spiro atoms. The van der Waals surface area contributed by atoms with Crippen LogP contribution in [0.3, 0.4) is 0 Å². The number of H-pyrrole nitrogens is 1. The second-order valence-corrected chi connectivity index (χ2v) is 9.43. The fourth-order valence-electron chi connectivity index (χ4n) is 4.65. The van der Waals surface area contributed by atoms with Crippen LogP contribution < -0.4 is 9.64 Å². The number of carbonyl (C=O) groups is 2. The van der Waals surface area contributed by atoms with Crippen LogP contribution in [0.1, 0.15) is 37.7 Å². The Labute approximate surface area is 200 Å². The van der Waals surface area contributed by atoms with Crippen molar-refractivity contribution in [2.24, 2.45) is 0 Å². The summed E-state index contributed by atoms with van der Waals surface area (Å²) in [6.45, 7) is 5.49. The number of Topliss-reactive ketones (excluding diaryl/α,β-unsaturated/α-hetero) is 1. The van der Waals surface area contributed by atoms with Gasteiger partial charge in [0.05, 0.1) is 34.3 Å². The lowest BCUT2D eigenvalue weighted by Crippen LogP contribution is -2.31. The van der Waals surface area contributed by atoms with E-state index in [1.165, 1.54) is 16.2 Å². The molecule has 0 fully saturated rings. The van der Waals surface area contributed by atoms with E-state index in [4.69, 9.17) is 4.74 Å². The maximum atomic E-state index is 13.8. The van der Waals surface area contributed by atoms with Gasteiger partial charge in [0.25, 0.3) is 5.91 Å². The van der Waals surface area contributed by atoms with Crippen molar-refractivity contribution < 1.29 is 19.4 Å². The van der Waals surface area contributed by atoms with E-state index in [2.05, 4.69) is 9.97 Å². The van der Waals surface area contributed by atoms with Crippen LogP contribution in [-0.4, -0.2) is 33.9 Å². The first-order chi connectivity index (χ1) is 16.3. The molecule has 2 N–H and O–H groups in total. The molecule has 4 aromatic rings. The minimum Gasteiger partial charge on any atom is -0.503 e. The molecule has 0 saturated carbocycles. The van der Waals surface area contributed by atoms with Gasteiger partial charge in [-0.3, -0.25) is 14.5 Å². The number of carbonyl (C=O) groups excluding carboxylic acids is 2. The molecule has 1 aliphatic rings. The lowest BCUT2D eigenvalue weighted by Gasteiger charge is -2.27. The third-order valence-electron chi connectivity index (χ3n) is 6.11. The Morgan fingerprint density at radius 1 is 1.15 bits per heavy atom. The average Bonchev–Trinajstić information content (AvgIpc) is 3.43. The molecule has 2 aromatic carbocycles. The number of fused-ring (bicyclic) bond motifs is 1. The monoisotopic (exact) mass is 473 g/mol. The van der Waals surface area contributed by atoms with Gasteiger partial charge in [-0.1, -0.05) is 24.3 Å². The number of para-hydroxylation sites is 1. The minimum atomic E-state index is -0.829. The number of aryl methyl sites for hydroxylation is 3. The van der Waals surface area contributed by atoms with Gasteiger partial charge in [0.15, 0.2) is 5.76 Å². The molecule has 7 nitrogen and oxygen atoms in total. The number of aromatic nitrogens is 2. The molecule has 1 amide bonds. The van der Waals surface area contributed by atoms with Crippen molar-refractivity contribution in [1.29, 1.82) is 0 Å². The van der Waals surface area contributed by atoms with Crippen molar-refractivity contribution in [2.75, 3.05) is 12.0 Å². The maximum Gasteiger partial charge on any atom is 0.294 e. The number of ether oxygens (including phenoxy) is 1. The second kappa shape index (κ2) is 8.14. The summed E-state index contributed by atoms with van der Waals surface area (Å²) in [5, 5.41) is 12.7. The lowest BCUT2D eigenvalue weighted by atomic mass is 9.92. The van der Waals surface area contributed by atoms with Crippen LogP contribution in [0.4, 0.5) is 5.69 Å². The van der Waals surface area contributed by atoms with Gasteiger partial charge in [-0.2, -0.15) is 0 Å². The highest BCUT2D eigenvalue weighted by atomic mass is 32.1. The predicted molar refractivity (Wildman–Crippen MR) is 132 cm³/mol. The Balaban J connectivity index is 1.77. The molecule has 2 aromatic heterocycles. The number of nitrogens with zero attached hydrogens (tertiary/aromatic N) is 2. The summed E-state index contributed by atoms with van der Waals surface area (Å²) < 4.78 is 5.36. The molecule has 1 unspecified atom stereocenters. The van der Waals surface area contributed by atoms with Crippen molar-refractivity contribution in [1.82, 2.24) is 9.97 Å². The van der Waals surface area contributed by atoms with Crippen molar-refractivity contribution in [2.45, 2.75) is 26.8 Å². The van der Waals surface area contributed by atoms with Gasteiger partial charge in [-0.15, -0.1) is 11.3 Å². The summed E-state index contributed by atoms with van der Waals surface area (Å²) >= 11 is 1.26. The summed E-state index contributed by atoms with van der Waals surface area (Å²) in [6.07, 6.45) is 0. The minimum absolute atomic E-state index is 0.0485. The molecule has 34 heavy (non-hydrogen) atoms. The van der Waals surface area contributed by atoms with E-state index in [1.54, 1.807) is 38.3 Å².